The molecule has 7 heteroatoms. The van der Waals surface area contributed by atoms with Gasteiger partial charge in [0.25, 0.3) is 5.91 Å². The van der Waals surface area contributed by atoms with E-state index in [4.69, 9.17) is 0 Å². The normalized spacial score (nSPS) is 11.7. The van der Waals surface area contributed by atoms with Crippen LogP contribution < -0.4 is 5.32 Å². The van der Waals surface area contributed by atoms with Crippen LogP contribution >= 0.6 is 11.8 Å². The summed E-state index contributed by atoms with van der Waals surface area (Å²) in [6.07, 6.45) is 2.41. The second kappa shape index (κ2) is 7.67. The number of Topliss-reactive ketones (excluding diaryl/α,β-unsaturated/α-hetero) is 1. The van der Waals surface area contributed by atoms with Crippen molar-refractivity contribution in [2.24, 2.45) is 0 Å². The van der Waals surface area contributed by atoms with Crippen LogP contribution in [0.15, 0.2) is 47.8 Å². The number of aliphatic hydroxyl groups excluding tert-OH is 1. The molecule has 2 aromatic rings. The van der Waals surface area contributed by atoms with Crippen molar-refractivity contribution in [3.05, 3.63) is 54.1 Å². The molecule has 0 saturated carbocycles. The zero-order chi connectivity index (χ0) is 15.9. The highest BCUT2D eigenvalue weighted by Crippen LogP contribution is 2.18. The maximum atomic E-state index is 12.1. The summed E-state index contributed by atoms with van der Waals surface area (Å²) in [5.74, 6) is -0.304. The maximum Gasteiger partial charge on any atom is 0.273 e. The Morgan fingerprint density at radius 2 is 2.00 bits per heavy atom. The summed E-state index contributed by atoms with van der Waals surface area (Å²) in [6, 6.07) is 6.85. The van der Waals surface area contributed by atoms with Gasteiger partial charge >= 0.3 is 0 Å². The van der Waals surface area contributed by atoms with Gasteiger partial charge in [-0.15, -0.1) is 11.8 Å². The van der Waals surface area contributed by atoms with Crippen molar-refractivity contribution in [1.82, 2.24) is 15.3 Å². The Kier molecular flexibility index (Phi) is 5.62. The zero-order valence-corrected chi connectivity index (χ0v) is 12.7. The minimum absolute atomic E-state index is 0.0315. The molecule has 2 N–H and O–H groups in total. The third kappa shape index (κ3) is 4.12. The van der Waals surface area contributed by atoms with Gasteiger partial charge in [-0.25, -0.2) is 4.98 Å². The molecule has 0 aliphatic heterocycles. The average molecular weight is 317 g/mol. The van der Waals surface area contributed by atoms with Gasteiger partial charge < -0.3 is 10.4 Å². The van der Waals surface area contributed by atoms with Crippen molar-refractivity contribution < 1.29 is 14.7 Å². The second-order valence-electron chi connectivity index (χ2n) is 4.29. The van der Waals surface area contributed by atoms with Crippen molar-refractivity contribution in [2.75, 3.05) is 5.75 Å². The minimum Gasteiger partial charge on any atom is -0.367 e. The number of carbonyl (C=O) groups excluding carboxylic acids is 2. The first-order chi connectivity index (χ1) is 10.6. The Bertz CT molecular complexity index is 647. The molecule has 0 saturated heterocycles. The number of hydrogen-bond donors (Lipinski definition) is 2. The Labute approximate surface area is 132 Å². The first kappa shape index (κ1) is 16.1. The van der Waals surface area contributed by atoms with E-state index in [1.54, 1.807) is 36.0 Å². The van der Waals surface area contributed by atoms with Crippen LogP contribution in [0.1, 0.15) is 27.8 Å². The van der Waals surface area contributed by atoms with E-state index in [1.165, 1.54) is 18.6 Å². The summed E-state index contributed by atoms with van der Waals surface area (Å²) in [7, 11) is 0. The number of ketones is 1. The van der Waals surface area contributed by atoms with Gasteiger partial charge in [0.05, 0.1) is 6.20 Å². The number of aliphatic hydroxyl groups is 1. The number of aromatic nitrogens is 2. The molecule has 0 bridgehead atoms. The smallest absolute Gasteiger partial charge is 0.273 e. The Morgan fingerprint density at radius 1 is 1.27 bits per heavy atom. The molecular weight excluding hydrogens is 302 g/mol. The van der Waals surface area contributed by atoms with E-state index in [1.807, 2.05) is 6.92 Å². The SMILES string of the molecule is CCSc1ccc(C(=O)C(O)NC(=O)c2cnccn2)cc1. The summed E-state index contributed by atoms with van der Waals surface area (Å²) < 4.78 is 0. The van der Waals surface area contributed by atoms with Crippen LogP contribution in [0.3, 0.4) is 0 Å². The van der Waals surface area contributed by atoms with Gasteiger partial charge in [-0.05, 0) is 17.9 Å². The summed E-state index contributed by atoms with van der Waals surface area (Å²) in [6.45, 7) is 2.04. The summed E-state index contributed by atoms with van der Waals surface area (Å²) in [4.78, 5) is 32.5. The number of rotatable bonds is 6. The fourth-order valence-electron chi connectivity index (χ4n) is 1.72. The first-order valence-corrected chi connectivity index (χ1v) is 7.62. The molecule has 0 aliphatic carbocycles. The van der Waals surface area contributed by atoms with Crippen LogP contribution in [0.25, 0.3) is 0 Å². The molecule has 0 radical (unpaired) electrons. The fourth-order valence-corrected chi connectivity index (χ4v) is 2.38. The topological polar surface area (TPSA) is 92.2 Å². The van der Waals surface area contributed by atoms with Gasteiger partial charge in [-0.3, -0.25) is 14.6 Å². The zero-order valence-electron chi connectivity index (χ0n) is 11.9. The lowest BCUT2D eigenvalue weighted by Crippen LogP contribution is -2.41. The monoisotopic (exact) mass is 317 g/mol. The molecule has 2 rings (SSSR count). The lowest BCUT2D eigenvalue weighted by atomic mass is 10.1. The quantitative estimate of drug-likeness (QED) is 0.477. The lowest BCUT2D eigenvalue weighted by molar-refractivity contribution is 0.0605. The van der Waals surface area contributed by atoms with Crippen LogP contribution in [0.2, 0.25) is 0 Å². The van der Waals surface area contributed by atoms with E-state index in [0.29, 0.717) is 5.56 Å². The molecular formula is C15H15N3O3S. The second-order valence-corrected chi connectivity index (χ2v) is 5.63. The molecule has 1 amide bonds. The van der Waals surface area contributed by atoms with Gasteiger partial charge in [0, 0.05) is 22.9 Å². The molecule has 22 heavy (non-hydrogen) atoms. The molecule has 0 fully saturated rings. The van der Waals surface area contributed by atoms with Crippen molar-refractivity contribution in [1.29, 1.82) is 0 Å². The van der Waals surface area contributed by atoms with Gasteiger partial charge in [0.15, 0.2) is 6.23 Å². The van der Waals surface area contributed by atoms with Gasteiger partial charge in [-0.1, -0.05) is 19.1 Å². The summed E-state index contributed by atoms with van der Waals surface area (Å²) in [5.41, 5.74) is 0.358. The number of benzene rings is 1. The van der Waals surface area contributed by atoms with E-state index in [9.17, 15) is 14.7 Å². The van der Waals surface area contributed by atoms with E-state index < -0.39 is 17.9 Å². The van der Waals surface area contributed by atoms with Crippen LogP contribution in [-0.4, -0.2) is 38.7 Å². The number of hydrogen-bond acceptors (Lipinski definition) is 6. The number of thioether (sulfide) groups is 1. The van der Waals surface area contributed by atoms with E-state index in [-0.39, 0.29) is 5.69 Å². The predicted molar refractivity (Wildman–Crippen MR) is 82.7 cm³/mol. The summed E-state index contributed by atoms with van der Waals surface area (Å²) >= 11 is 1.65. The first-order valence-electron chi connectivity index (χ1n) is 6.64. The molecule has 114 valence electrons. The number of amides is 1. The van der Waals surface area contributed by atoms with Crippen molar-refractivity contribution in [3.8, 4) is 0 Å². The van der Waals surface area contributed by atoms with Crippen LogP contribution in [-0.2, 0) is 0 Å². The van der Waals surface area contributed by atoms with Crippen LogP contribution in [0.4, 0.5) is 0 Å². The molecule has 1 atom stereocenters. The molecule has 1 unspecified atom stereocenters. The molecule has 0 aliphatic rings. The number of nitrogens with one attached hydrogen (secondary N) is 1. The van der Waals surface area contributed by atoms with E-state index in [0.717, 1.165) is 10.6 Å². The lowest BCUT2D eigenvalue weighted by Gasteiger charge is -2.11. The molecule has 1 heterocycles. The van der Waals surface area contributed by atoms with E-state index in [2.05, 4.69) is 15.3 Å². The Hall–Kier alpha value is -2.25. The molecule has 1 aromatic carbocycles. The predicted octanol–water partition coefficient (Wildman–Crippen LogP) is 1.52. The molecule has 6 nitrogen and oxygen atoms in total. The van der Waals surface area contributed by atoms with Crippen molar-refractivity contribution in [2.45, 2.75) is 18.0 Å². The number of nitrogens with zero attached hydrogens (tertiary/aromatic N) is 2. The average Bonchev–Trinajstić information content (AvgIpc) is 2.56. The third-order valence-corrected chi connectivity index (χ3v) is 3.66. The van der Waals surface area contributed by atoms with Crippen LogP contribution in [0, 0.1) is 0 Å². The van der Waals surface area contributed by atoms with Gasteiger partial charge in [0.2, 0.25) is 5.78 Å². The number of carbonyl (C=O) groups is 2. The van der Waals surface area contributed by atoms with Crippen molar-refractivity contribution >= 4 is 23.5 Å². The third-order valence-electron chi connectivity index (χ3n) is 2.76. The Morgan fingerprint density at radius 3 is 2.59 bits per heavy atom. The maximum absolute atomic E-state index is 12.1. The van der Waals surface area contributed by atoms with Gasteiger partial charge in [0.1, 0.15) is 5.69 Å². The fraction of sp³-hybridized carbons (Fsp3) is 0.200. The highest BCUT2D eigenvalue weighted by Gasteiger charge is 2.20. The van der Waals surface area contributed by atoms with Crippen molar-refractivity contribution in [3.63, 3.8) is 0 Å². The summed E-state index contributed by atoms with van der Waals surface area (Å²) in [5, 5.41) is 12.0. The van der Waals surface area contributed by atoms with E-state index >= 15 is 0 Å². The highest BCUT2D eigenvalue weighted by atomic mass is 32.2. The largest absolute Gasteiger partial charge is 0.367 e. The van der Waals surface area contributed by atoms with Crippen LogP contribution in [0.5, 0.6) is 0 Å². The Balaban J connectivity index is 2.01. The highest BCUT2D eigenvalue weighted by molar-refractivity contribution is 7.99. The van der Waals surface area contributed by atoms with Gasteiger partial charge in [-0.2, -0.15) is 0 Å². The molecule has 1 aromatic heterocycles. The molecule has 0 spiro atoms. The standard InChI is InChI=1S/C15H15N3O3S/c1-2-22-11-5-3-10(4-6-11)13(19)15(21)18-14(20)12-9-16-7-8-17-12/h3-9,15,21H,2H2,1H3,(H,18,20). The minimum atomic E-state index is -1.63.